The summed E-state index contributed by atoms with van der Waals surface area (Å²) in [5, 5.41) is 3.35. The molecule has 1 N–H and O–H groups in total. The Balaban J connectivity index is 2.31. The van der Waals surface area contributed by atoms with Gasteiger partial charge in [0.05, 0.1) is 0 Å². The normalized spacial score (nSPS) is 20.1. The van der Waals surface area contributed by atoms with Crippen molar-refractivity contribution >= 4 is 0 Å². The Morgan fingerprint density at radius 3 is 2.64 bits per heavy atom. The van der Waals surface area contributed by atoms with E-state index < -0.39 is 0 Å². The standard InChI is InChI=1S/C12H20N2/c1-13-10-12(7-3-4-8-12)11-6-5-9-14(11)2/h5-6,9,13H,3-4,7-8,10H2,1-2H3. The number of aromatic nitrogens is 1. The minimum Gasteiger partial charge on any atom is -0.354 e. The van der Waals surface area contributed by atoms with Crippen LogP contribution in [-0.4, -0.2) is 18.2 Å². The van der Waals surface area contributed by atoms with Crippen molar-refractivity contribution in [3.63, 3.8) is 0 Å². The van der Waals surface area contributed by atoms with Crippen LogP contribution in [0.4, 0.5) is 0 Å². The quantitative estimate of drug-likeness (QED) is 0.775. The Bertz CT molecular complexity index is 295. The lowest BCUT2D eigenvalue weighted by Crippen LogP contribution is -2.35. The molecule has 0 bridgehead atoms. The van der Waals surface area contributed by atoms with Crippen LogP contribution in [0.5, 0.6) is 0 Å². The fourth-order valence-corrected chi connectivity index (χ4v) is 2.93. The van der Waals surface area contributed by atoms with Crippen molar-refractivity contribution in [1.29, 1.82) is 0 Å². The first-order valence-corrected chi connectivity index (χ1v) is 5.55. The molecule has 0 atom stereocenters. The number of rotatable bonds is 3. The molecule has 1 aliphatic rings. The molecular weight excluding hydrogens is 172 g/mol. The summed E-state index contributed by atoms with van der Waals surface area (Å²) in [6, 6.07) is 4.44. The molecule has 0 spiro atoms. The predicted octanol–water partition coefficient (Wildman–Crippen LogP) is 2.06. The Kier molecular flexibility index (Phi) is 2.64. The van der Waals surface area contributed by atoms with Crippen molar-refractivity contribution in [3.05, 3.63) is 24.0 Å². The molecule has 0 aliphatic heterocycles. The molecule has 0 aromatic carbocycles. The second kappa shape index (κ2) is 3.77. The molecule has 2 heteroatoms. The Morgan fingerprint density at radius 1 is 1.43 bits per heavy atom. The van der Waals surface area contributed by atoms with Gasteiger partial charge in [-0.1, -0.05) is 12.8 Å². The number of aryl methyl sites for hydroxylation is 1. The molecule has 2 rings (SSSR count). The van der Waals surface area contributed by atoms with E-state index in [1.807, 2.05) is 0 Å². The number of hydrogen-bond donors (Lipinski definition) is 1. The number of hydrogen-bond acceptors (Lipinski definition) is 1. The van der Waals surface area contributed by atoms with Gasteiger partial charge in [-0.15, -0.1) is 0 Å². The van der Waals surface area contributed by atoms with Gasteiger partial charge in [-0.05, 0) is 32.0 Å². The highest BCUT2D eigenvalue weighted by molar-refractivity contribution is 5.21. The van der Waals surface area contributed by atoms with E-state index in [1.165, 1.54) is 31.4 Å². The fourth-order valence-electron chi connectivity index (χ4n) is 2.93. The molecule has 0 unspecified atom stereocenters. The zero-order valence-corrected chi connectivity index (χ0v) is 9.21. The van der Waals surface area contributed by atoms with Gasteiger partial charge in [0.2, 0.25) is 0 Å². The summed E-state index contributed by atoms with van der Waals surface area (Å²) in [5.74, 6) is 0. The van der Waals surface area contributed by atoms with E-state index in [9.17, 15) is 0 Å². The summed E-state index contributed by atoms with van der Waals surface area (Å²) in [6.07, 6.45) is 7.60. The largest absolute Gasteiger partial charge is 0.354 e. The molecule has 1 aliphatic carbocycles. The third-order valence-electron chi connectivity index (χ3n) is 3.56. The zero-order chi connectivity index (χ0) is 10.0. The minimum atomic E-state index is 0.410. The number of likely N-dealkylation sites (N-methyl/N-ethyl adjacent to an activating group) is 1. The maximum absolute atomic E-state index is 3.35. The second-order valence-corrected chi connectivity index (χ2v) is 4.52. The number of nitrogens with one attached hydrogen (secondary N) is 1. The molecule has 14 heavy (non-hydrogen) atoms. The summed E-state index contributed by atoms with van der Waals surface area (Å²) in [5.41, 5.74) is 1.91. The molecule has 0 radical (unpaired) electrons. The van der Waals surface area contributed by atoms with E-state index >= 15 is 0 Å². The van der Waals surface area contributed by atoms with Gasteiger partial charge in [0.25, 0.3) is 0 Å². The van der Waals surface area contributed by atoms with Crippen LogP contribution in [0.25, 0.3) is 0 Å². The van der Waals surface area contributed by atoms with Gasteiger partial charge in [0.15, 0.2) is 0 Å². The highest BCUT2D eigenvalue weighted by Gasteiger charge is 2.36. The van der Waals surface area contributed by atoms with Crippen molar-refractivity contribution in [3.8, 4) is 0 Å². The van der Waals surface area contributed by atoms with Crippen molar-refractivity contribution in [2.45, 2.75) is 31.1 Å². The summed E-state index contributed by atoms with van der Waals surface area (Å²) in [7, 11) is 4.22. The van der Waals surface area contributed by atoms with Crippen LogP contribution >= 0.6 is 0 Å². The van der Waals surface area contributed by atoms with Crippen molar-refractivity contribution in [1.82, 2.24) is 9.88 Å². The van der Waals surface area contributed by atoms with Gasteiger partial charge in [-0.25, -0.2) is 0 Å². The van der Waals surface area contributed by atoms with Crippen molar-refractivity contribution in [2.75, 3.05) is 13.6 Å². The summed E-state index contributed by atoms with van der Waals surface area (Å²) >= 11 is 0. The Labute approximate surface area is 86.3 Å². The molecule has 1 saturated carbocycles. The van der Waals surface area contributed by atoms with Crippen LogP contribution in [0, 0.1) is 0 Å². The Morgan fingerprint density at radius 2 is 2.14 bits per heavy atom. The maximum atomic E-state index is 3.35. The average molecular weight is 192 g/mol. The third kappa shape index (κ3) is 1.48. The molecule has 1 heterocycles. The summed E-state index contributed by atoms with van der Waals surface area (Å²) in [6.45, 7) is 1.12. The molecule has 0 saturated heterocycles. The van der Waals surface area contributed by atoms with E-state index in [-0.39, 0.29) is 0 Å². The molecule has 1 fully saturated rings. The van der Waals surface area contributed by atoms with E-state index in [0.29, 0.717) is 5.41 Å². The first-order chi connectivity index (χ1) is 6.78. The van der Waals surface area contributed by atoms with Gasteiger partial charge in [0, 0.05) is 30.9 Å². The number of nitrogens with zero attached hydrogens (tertiary/aromatic N) is 1. The van der Waals surface area contributed by atoms with Gasteiger partial charge in [-0.2, -0.15) is 0 Å². The van der Waals surface area contributed by atoms with Gasteiger partial charge < -0.3 is 9.88 Å². The van der Waals surface area contributed by atoms with Gasteiger partial charge >= 0.3 is 0 Å². The lowest BCUT2D eigenvalue weighted by atomic mass is 9.82. The van der Waals surface area contributed by atoms with Crippen LogP contribution in [-0.2, 0) is 12.5 Å². The first kappa shape index (κ1) is 9.78. The van der Waals surface area contributed by atoms with E-state index in [4.69, 9.17) is 0 Å². The lowest BCUT2D eigenvalue weighted by Gasteiger charge is -2.29. The van der Waals surface area contributed by atoms with Crippen LogP contribution < -0.4 is 5.32 Å². The monoisotopic (exact) mass is 192 g/mol. The fraction of sp³-hybridized carbons (Fsp3) is 0.667. The van der Waals surface area contributed by atoms with Crippen LogP contribution in [0.1, 0.15) is 31.4 Å². The van der Waals surface area contributed by atoms with E-state index in [0.717, 1.165) is 6.54 Å². The van der Waals surface area contributed by atoms with Crippen LogP contribution in [0.3, 0.4) is 0 Å². The minimum absolute atomic E-state index is 0.410. The van der Waals surface area contributed by atoms with Crippen molar-refractivity contribution < 1.29 is 0 Å². The summed E-state index contributed by atoms with van der Waals surface area (Å²) in [4.78, 5) is 0. The lowest BCUT2D eigenvalue weighted by molar-refractivity contribution is 0.398. The highest BCUT2D eigenvalue weighted by Crippen LogP contribution is 2.40. The van der Waals surface area contributed by atoms with Crippen molar-refractivity contribution in [2.24, 2.45) is 7.05 Å². The SMILES string of the molecule is CNCC1(c2cccn2C)CCCC1. The molecule has 0 amide bonds. The first-order valence-electron chi connectivity index (χ1n) is 5.55. The Hall–Kier alpha value is -0.760. The molecular formula is C12H20N2. The highest BCUT2D eigenvalue weighted by atomic mass is 15.0. The van der Waals surface area contributed by atoms with E-state index in [1.54, 1.807) is 0 Å². The molecule has 1 aromatic rings. The van der Waals surface area contributed by atoms with Crippen LogP contribution in [0.15, 0.2) is 18.3 Å². The van der Waals surface area contributed by atoms with Gasteiger partial charge in [-0.3, -0.25) is 0 Å². The average Bonchev–Trinajstić information content (AvgIpc) is 2.75. The third-order valence-corrected chi connectivity index (χ3v) is 3.56. The zero-order valence-electron chi connectivity index (χ0n) is 9.21. The van der Waals surface area contributed by atoms with Gasteiger partial charge in [0.1, 0.15) is 0 Å². The van der Waals surface area contributed by atoms with Crippen LogP contribution in [0.2, 0.25) is 0 Å². The second-order valence-electron chi connectivity index (χ2n) is 4.52. The summed E-state index contributed by atoms with van der Waals surface area (Å²) < 4.78 is 2.28. The van der Waals surface area contributed by atoms with E-state index in [2.05, 4.69) is 42.3 Å². The maximum Gasteiger partial charge on any atom is 0.0246 e. The topological polar surface area (TPSA) is 17.0 Å². The smallest absolute Gasteiger partial charge is 0.0246 e. The molecule has 2 nitrogen and oxygen atoms in total. The predicted molar refractivity (Wildman–Crippen MR) is 59.5 cm³/mol. The molecule has 78 valence electrons. The molecule has 1 aromatic heterocycles.